The normalized spacial score (nSPS) is 10.3. The van der Waals surface area contributed by atoms with E-state index in [9.17, 15) is 4.79 Å². The van der Waals surface area contributed by atoms with Crippen LogP contribution < -0.4 is 10.6 Å². The van der Waals surface area contributed by atoms with E-state index in [4.69, 9.17) is 21.5 Å². The Hall–Kier alpha value is -3.26. The van der Waals surface area contributed by atoms with Crippen LogP contribution in [0, 0.1) is 0 Å². The van der Waals surface area contributed by atoms with E-state index in [1.807, 2.05) is 30.3 Å². The minimum Gasteiger partial charge on any atom is -0.462 e. The fraction of sp³-hybridized carbons (Fsp3) is 0.158. The third-order valence-electron chi connectivity index (χ3n) is 3.53. The van der Waals surface area contributed by atoms with E-state index in [2.05, 4.69) is 20.8 Å². The second kappa shape index (κ2) is 8.91. The second-order valence-corrected chi connectivity index (χ2v) is 5.89. The second-order valence-electron chi connectivity index (χ2n) is 5.49. The van der Waals surface area contributed by atoms with E-state index in [0.29, 0.717) is 34.7 Å². The third kappa shape index (κ3) is 5.11. The summed E-state index contributed by atoms with van der Waals surface area (Å²) in [5.74, 6) is 0.561. The Morgan fingerprint density at radius 1 is 1.19 bits per heavy atom. The van der Waals surface area contributed by atoms with Gasteiger partial charge in [-0.25, -0.2) is 4.79 Å². The number of ether oxygens (including phenoxy) is 1. The highest BCUT2D eigenvalue weighted by atomic mass is 32.1. The van der Waals surface area contributed by atoms with Crippen molar-refractivity contribution >= 4 is 29.0 Å². The summed E-state index contributed by atoms with van der Waals surface area (Å²) >= 11 is 5.27. The molecule has 27 heavy (non-hydrogen) atoms. The maximum atomic E-state index is 11.8. The third-order valence-corrected chi connectivity index (χ3v) is 3.78. The minimum atomic E-state index is -0.376. The van der Waals surface area contributed by atoms with Gasteiger partial charge in [-0.05, 0) is 37.3 Å². The molecule has 0 saturated carbocycles. The number of anilines is 1. The van der Waals surface area contributed by atoms with Crippen LogP contribution in [0.25, 0.3) is 11.4 Å². The van der Waals surface area contributed by atoms with E-state index in [0.717, 1.165) is 5.56 Å². The number of hydrogen-bond donors (Lipinski definition) is 2. The molecule has 0 spiro atoms. The predicted molar refractivity (Wildman–Crippen MR) is 105 cm³/mol. The van der Waals surface area contributed by atoms with Crippen LogP contribution in [-0.4, -0.2) is 27.8 Å². The molecule has 0 bridgehead atoms. The molecular formula is C19H18N4O3S. The van der Waals surface area contributed by atoms with Crippen LogP contribution in [0.15, 0.2) is 59.1 Å². The average molecular weight is 382 g/mol. The lowest BCUT2D eigenvalue weighted by atomic mass is 10.2. The van der Waals surface area contributed by atoms with Gasteiger partial charge in [0.05, 0.1) is 18.7 Å². The van der Waals surface area contributed by atoms with Crippen molar-refractivity contribution in [3.63, 3.8) is 0 Å². The monoisotopic (exact) mass is 382 g/mol. The largest absolute Gasteiger partial charge is 0.462 e. The Morgan fingerprint density at radius 3 is 2.78 bits per heavy atom. The van der Waals surface area contributed by atoms with Gasteiger partial charge in [-0.15, -0.1) is 0 Å². The van der Waals surface area contributed by atoms with Gasteiger partial charge in [-0.1, -0.05) is 41.6 Å². The molecule has 0 aliphatic heterocycles. The summed E-state index contributed by atoms with van der Waals surface area (Å²) in [6.07, 6.45) is 0. The van der Waals surface area contributed by atoms with Crippen LogP contribution >= 0.6 is 12.2 Å². The molecule has 0 unspecified atom stereocenters. The van der Waals surface area contributed by atoms with E-state index in [1.54, 1.807) is 31.2 Å². The molecule has 0 fully saturated rings. The Kier molecular flexibility index (Phi) is 6.11. The first-order chi connectivity index (χ1) is 13.2. The van der Waals surface area contributed by atoms with Gasteiger partial charge in [-0.3, -0.25) is 0 Å². The van der Waals surface area contributed by atoms with Gasteiger partial charge in [-0.2, -0.15) is 4.98 Å². The number of benzene rings is 2. The maximum Gasteiger partial charge on any atom is 0.338 e. The molecule has 138 valence electrons. The molecule has 7 nitrogen and oxygen atoms in total. The number of carbonyl (C=O) groups is 1. The summed E-state index contributed by atoms with van der Waals surface area (Å²) < 4.78 is 10.2. The Bertz CT molecular complexity index is 927. The topological polar surface area (TPSA) is 89.3 Å². The number of hydrogen-bond acceptors (Lipinski definition) is 6. The van der Waals surface area contributed by atoms with Crippen LogP contribution in [0.5, 0.6) is 0 Å². The van der Waals surface area contributed by atoms with Crippen LogP contribution in [-0.2, 0) is 11.3 Å². The molecule has 0 radical (unpaired) electrons. The van der Waals surface area contributed by atoms with E-state index in [1.165, 1.54) is 0 Å². The summed E-state index contributed by atoms with van der Waals surface area (Å²) in [5, 5.41) is 10.3. The number of carbonyl (C=O) groups excluding carboxylic acids is 1. The molecule has 0 aliphatic rings. The van der Waals surface area contributed by atoms with E-state index < -0.39 is 0 Å². The highest BCUT2D eigenvalue weighted by Gasteiger charge is 2.10. The lowest BCUT2D eigenvalue weighted by Gasteiger charge is -2.10. The van der Waals surface area contributed by atoms with Crippen molar-refractivity contribution in [2.45, 2.75) is 13.5 Å². The van der Waals surface area contributed by atoms with Crippen molar-refractivity contribution in [1.82, 2.24) is 15.5 Å². The highest BCUT2D eigenvalue weighted by molar-refractivity contribution is 7.80. The van der Waals surface area contributed by atoms with Gasteiger partial charge in [0.15, 0.2) is 5.11 Å². The molecule has 8 heteroatoms. The highest BCUT2D eigenvalue weighted by Crippen LogP contribution is 2.15. The quantitative estimate of drug-likeness (QED) is 0.495. The lowest BCUT2D eigenvalue weighted by molar-refractivity contribution is 0.0526. The molecule has 0 saturated heterocycles. The molecule has 0 amide bonds. The zero-order chi connectivity index (χ0) is 19.1. The van der Waals surface area contributed by atoms with Crippen molar-refractivity contribution in [3.05, 3.63) is 66.1 Å². The molecule has 0 atom stereocenters. The van der Waals surface area contributed by atoms with Crippen LogP contribution in [0.3, 0.4) is 0 Å². The number of thiocarbonyl (C=S) groups is 1. The van der Waals surface area contributed by atoms with Gasteiger partial charge >= 0.3 is 5.97 Å². The Balaban J connectivity index is 1.55. The van der Waals surface area contributed by atoms with Crippen molar-refractivity contribution in [1.29, 1.82) is 0 Å². The molecule has 3 rings (SSSR count). The Morgan fingerprint density at radius 2 is 2.00 bits per heavy atom. The molecule has 2 N–H and O–H groups in total. The standard InChI is InChI=1S/C19H18N4O3S/c1-2-25-18(24)14-9-6-10-15(11-14)21-19(27)20-12-16-22-17(23-26-16)13-7-4-3-5-8-13/h3-11H,2,12H2,1H3,(H2,20,21,27). The first-order valence-electron chi connectivity index (χ1n) is 8.35. The first-order valence-corrected chi connectivity index (χ1v) is 8.76. The first kappa shape index (κ1) is 18.5. The number of rotatable bonds is 6. The van der Waals surface area contributed by atoms with Crippen molar-refractivity contribution in [3.8, 4) is 11.4 Å². The van der Waals surface area contributed by atoms with Crippen molar-refractivity contribution < 1.29 is 14.1 Å². The minimum absolute atomic E-state index is 0.281. The summed E-state index contributed by atoms with van der Waals surface area (Å²) in [4.78, 5) is 16.1. The zero-order valence-corrected chi connectivity index (χ0v) is 15.5. The SMILES string of the molecule is CCOC(=O)c1cccc(NC(=S)NCc2nc(-c3ccccc3)no2)c1. The molecule has 2 aromatic carbocycles. The molecule has 1 aromatic heterocycles. The molecule has 3 aromatic rings. The van der Waals surface area contributed by atoms with E-state index >= 15 is 0 Å². The smallest absolute Gasteiger partial charge is 0.338 e. The number of nitrogens with zero attached hydrogens (tertiary/aromatic N) is 2. The summed E-state index contributed by atoms with van der Waals surface area (Å²) in [6.45, 7) is 2.37. The van der Waals surface area contributed by atoms with Gasteiger partial charge in [0.2, 0.25) is 11.7 Å². The number of esters is 1. The zero-order valence-electron chi connectivity index (χ0n) is 14.6. The fourth-order valence-electron chi connectivity index (χ4n) is 2.30. The van der Waals surface area contributed by atoms with Gasteiger partial charge < -0.3 is 19.9 Å². The van der Waals surface area contributed by atoms with Crippen molar-refractivity contribution in [2.24, 2.45) is 0 Å². The van der Waals surface area contributed by atoms with Crippen LogP contribution in [0.1, 0.15) is 23.2 Å². The molecule has 0 aliphatic carbocycles. The lowest BCUT2D eigenvalue weighted by Crippen LogP contribution is -2.28. The number of nitrogens with one attached hydrogen (secondary N) is 2. The van der Waals surface area contributed by atoms with E-state index in [-0.39, 0.29) is 12.5 Å². The predicted octanol–water partition coefficient (Wildman–Crippen LogP) is 3.40. The Labute approximate surface area is 161 Å². The van der Waals surface area contributed by atoms with Gasteiger partial charge in [0, 0.05) is 11.3 Å². The summed E-state index contributed by atoms with van der Waals surface area (Å²) in [7, 11) is 0. The number of aromatic nitrogens is 2. The molecular weight excluding hydrogens is 364 g/mol. The van der Waals surface area contributed by atoms with Crippen molar-refractivity contribution in [2.75, 3.05) is 11.9 Å². The van der Waals surface area contributed by atoms with Crippen LogP contribution in [0.2, 0.25) is 0 Å². The summed E-state index contributed by atoms with van der Waals surface area (Å²) in [5.41, 5.74) is 2.01. The van der Waals surface area contributed by atoms with Crippen LogP contribution in [0.4, 0.5) is 5.69 Å². The van der Waals surface area contributed by atoms with Gasteiger partial charge in [0.1, 0.15) is 0 Å². The average Bonchev–Trinajstić information content (AvgIpc) is 3.17. The molecule has 1 heterocycles. The fourth-order valence-corrected chi connectivity index (χ4v) is 2.49. The summed E-state index contributed by atoms with van der Waals surface area (Å²) in [6, 6.07) is 16.5. The maximum absolute atomic E-state index is 11.8. The van der Waals surface area contributed by atoms with Gasteiger partial charge in [0.25, 0.3) is 0 Å².